The summed E-state index contributed by atoms with van der Waals surface area (Å²) in [7, 11) is 1.54. The third kappa shape index (κ3) is 1.80. The molecule has 2 saturated heterocycles. The van der Waals surface area contributed by atoms with E-state index in [1.165, 1.54) is 7.11 Å². The van der Waals surface area contributed by atoms with Gasteiger partial charge in [0.15, 0.2) is 5.41 Å². The molecule has 2 aliphatic heterocycles. The summed E-state index contributed by atoms with van der Waals surface area (Å²) >= 11 is 0. The lowest BCUT2D eigenvalue weighted by atomic mass is 9.53. The number of rotatable bonds is 3. The zero-order valence-electron chi connectivity index (χ0n) is 14.7. The van der Waals surface area contributed by atoms with Gasteiger partial charge in [0.2, 0.25) is 17.1 Å². The van der Waals surface area contributed by atoms with E-state index in [1.54, 1.807) is 31.2 Å². The molecule has 2 bridgehead atoms. The number of nitriles is 3. The fourth-order valence-electron chi connectivity index (χ4n) is 4.12. The summed E-state index contributed by atoms with van der Waals surface area (Å²) in [6, 6.07) is 12.9. The molecule has 0 saturated carbocycles. The maximum atomic E-state index is 10.0. The first kappa shape index (κ1) is 17.7. The largest absolute Gasteiger partial charge is 0.497 e. The Morgan fingerprint density at radius 3 is 2.23 bits per heavy atom. The quantitative estimate of drug-likeness (QED) is 0.893. The van der Waals surface area contributed by atoms with Gasteiger partial charge in [0.25, 0.3) is 0 Å². The van der Waals surface area contributed by atoms with Crippen LogP contribution in [0, 0.1) is 56.2 Å². The topological polar surface area (TPSA) is 123 Å². The highest BCUT2D eigenvalue weighted by Gasteiger charge is 2.78. The lowest BCUT2D eigenvalue weighted by Gasteiger charge is -2.48. The minimum atomic E-state index is -1.91. The van der Waals surface area contributed by atoms with E-state index in [0.717, 1.165) is 0 Å². The lowest BCUT2D eigenvalue weighted by Crippen LogP contribution is -2.58. The highest BCUT2D eigenvalue weighted by Crippen LogP contribution is 2.66. The summed E-state index contributed by atoms with van der Waals surface area (Å²) in [5.41, 5.74) is -3.08. The first-order valence-corrected chi connectivity index (χ1v) is 8.25. The molecule has 4 unspecified atom stereocenters. The number of hydrogen-bond donors (Lipinski definition) is 1. The van der Waals surface area contributed by atoms with Crippen LogP contribution in [0.15, 0.2) is 24.3 Å². The van der Waals surface area contributed by atoms with Gasteiger partial charge in [-0.25, -0.2) is 0 Å². The summed E-state index contributed by atoms with van der Waals surface area (Å²) in [5, 5.41) is 38.3. The van der Waals surface area contributed by atoms with Crippen LogP contribution in [0.3, 0.4) is 0 Å². The predicted octanol–water partition coefficient (Wildman–Crippen LogP) is 3.06. The number of nitrogens with zero attached hydrogens (tertiary/aromatic N) is 3. The number of nitrogens with one attached hydrogen (secondary N) is 1. The van der Waals surface area contributed by atoms with Gasteiger partial charge < -0.3 is 14.2 Å². The molecule has 26 heavy (non-hydrogen) atoms. The minimum Gasteiger partial charge on any atom is -0.497 e. The van der Waals surface area contributed by atoms with Crippen LogP contribution in [0.1, 0.15) is 31.9 Å². The summed E-state index contributed by atoms with van der Waals surface area (Å²) in [4.78, 5) is 0. The molecule has 2 heterocycles. The first-order chi connectivity index (χ1) is 12.4. The van der Waals surface area contributed by atoms with Crippen molar-refractivity contribution in [3.63, 3.8) is 0 Å². The average Bonchev–Trinajstić information content (AvgIpc) is 2.84. The molecule has 0 aromatic heterocycles. The molecule has 2 fully saturated rings. The minimum absolute atomic E-state index is 0.375. The Kier molecular flexibility index (Phi) is 3.91. The van der Waals surface area contributed by atoms with Crippen LogP contribution >= 0.6 is 0 Å². The van der Waals surface area contributed by atoms with Gasteiger partial charge in [0, 0.05) is 6.42 Å². The zero-order valence-corrected chi connectivity index (χ0v) is 14.7. The molecule has 1 aromatic rings. The third-order valence-electron chi connectivity index (χ3n) is 5.72. The summed E-state index contributed by atoms with van der Waals surface area (Å²) in [6.45, 7) is 3.52. The van der Waals surface area contributed by atoms with Crippen LogP contribution in [0.2, 0.25) is 0 Å². The normalized spacial score (nSPS) is 34.1. The molecule has 1 N–H and O–H groups in total. The number of methoxy groups -OCH3 is 1. The summed E-state index contributed by atoms with van der Waals surface area (Å²) in [5.74, 6) is -1.64. The molecule has 7 nitrogen and oxygen atoms in total. The predicted molar refractivity (Wildman–Crippen MR) is 89.5 cm³/mol. The van der Waals surface area contributed by atoms with Crippen molar-refractivity contribution in [2.24, 2.45) is 16.7 Å². The Labute approximate surface area is 151 Å². The second-order valence-electron chi connectivity index (χ2n) is 6.54. The third-order valence-corrected chi connectivity index (χ3v) is 5.72. The number of ether oxygens (including phenoxy) is 3. The Morgan fingerprint density at radius 2 is 1.77 bits per heavy atom. The summed E-state index contributed by atoms with van der Waals surface area (Å²) in [6.07, 6.45) is -0.665. The van der Waals surface area contributed by atoms with Crippen molar-refractivity contribution >= 4 is 5.90 Å². The van der Waals surface area contributed by atoms with Crippen molar-refractivity contribution in [2.75, 3.05) is 7.11 Å². The van der Waals surface area contributed by atoms with E-state index in [2.05, 4.69) is 6.07 Å². The first-order valence-electron chi connectivity index (χ1n) is 8.25. The van der Waals surface area contributed by atoms with Gasteiger partial charge in [-0.15, -0.1) is 0 Å². The average molecular weight is 350 g/mol. The van der Waals surface area contributed by atoms with Gasteiger partial charge >= 0.3 is 0 Å². The van der Waals surface area contributed by atoms with E-state index in [0.29, 0.717) is 17.7 Å². The van der Waals surface area contributed by atoms with Crippen LogP contribution < -0.4 is 4.74 Å². The summed E-state index contributed by atoms with van der Waals surface area (Å²) < 4.78 is 17.0. The van der Waals surface area contributed by atoms with E-state index < -0.39 is 28.6 Å². The Hall–Kier alpha value is -3.08. The lowest BCUT2D eigenvalue weighted by molar-refractivity contribution is -0.280. The molecule has 0 aliphatic carbocycles. The van der Waals surface area contributed by atoms with E-state index in [-0.39, 0.29) is 5.90 Å². The Morgan fingerprint density at radius 1 is 1.15 bits per heavy atom. The van der Waals surface area contributed by atoms with E-state index >= 15 is 0 Å². The fraction of sp³-hybridized carbons (Fsp3) is 0.474. The van der Waals surface area contributed by atoms with Crippen molar-refractivity contribution < 1.29 is 14.2 Å². The monoisotopic (exact) mass is 350 g/mol. The molecule has 7 heteroatoms. The number of fused-ring (bicyclic) bond motifs is 2. The van der Waals surface area contributed by atoms with Gasteiger partial charge in [0.05, 0.1) is 31.2 Å². The molecule has 1 aromatic carbocycles. The van der Waals surface area contributed by atoms with Crippen LogP contribution in [-0.2, 0) is 9.47 Å². The molecule has 132 valence electrons. The van der Waals surface area contributed by atoms with Gasteiger partial charge in [-0.1, -0.05) is 26.0 Å². The molecular formula is C19H18N4O3. The number of hydrogen-bond acceptors (Lipinski definition) is 7. The van der Waals surface area contributed by atoms with Crippen LogP contribution in [0.5, 0.6) is 5.75 Å². The van der Waals surface area contributed by atoms with Crippen molar-refractivity contribution in [1.82, 2.24) is 0 Å². The van der Waals surface area contributed by atoms with Crippen LogP contribution in [0.4, 0.5) is 0 Å². The van der Waals surface area contributed by atoms with Gasteiger partial charge in [0.1, 0.15) is 11.9 Å². The molecule has 4 atom stereocenters. The van der Waals surface area contributed by atoms with Gasteiger partial charge in [-0.05, 0) is 17.7 Å². The van der Waals surface area contributed by atoms with Crippen molar-refractivity contribution in [3.8, 4) is 24.0 Å². The van der Waals surface area contributed by atoms with Crippen molar-refractivity contribution in [1.29, 1.82) is 21.2 Å². The van der Waals surface area contributed by atoms with Gasteiger partial charge in [-0.2, -0.15) is 15.8 Å². The van der Waals surface area contributed by atoms with E-state index in [1.807, 2.05) is 19.1 Å². The maximum Gasteiger partial charge on any atom is 0.217 e. The molecular weight excluding hydrogens is 332 g/mol. The zero-order chi connectivity index (χ0) is 19.2. The van der Waals surface area contributed by atoms with Gasteiger partial charge in [-0.3, -0.25) is 5.41 Å². The van der Waals surface area contributed by atoms with Crippen LogP contribution in [-0.4, -0.2) is 18.8 Å². The van der Waals surface area contributed by atoms with E-state index in [9.17, 15) is 15.8 Å². The molecule has 0 amide bonds. The molecule has 2 aliphatic rings. The molecule has 0 spiro atoms. The van der Waals surface area contributed by atoms with Crippen molar-refractivity contribution in [2.45, 2.75) is 32.2 Å². The van der Waals surface area contributed by atoms with Crippen molar-refractivity contribution in [3.05, 3.63) is 29.8 Å². The molecule has 3 rings (SSSR count). The standard InChI is InChI=1S/C19H18N4O3/c1-4-19-12(2)18(11-22,16(23)26-19)17(9-20,10-21)15(25-19)13-5-7-14(24-3)8-6-13/h5-8,12,15,23H,4H2,1-3H3. The second kappa shape index (κ2) is 5.73. The maximum absolute atomic E-state index is 10.0. The Balaban J connectivity index is 2.28. The second-order valence-corrected chi connectivity index (χ2v) is 6.54. The smallest absolute Gasteiger partial charge is 0.217 e. The Bertz CT molecular complexity index is 862. The SMILES string of the molecule is CCC12OC(=N)C(C#N)(C1C)C(C#N)(C#N)C(c1ccc(OC)cc1)O2. The highest BCUT2D eigenvalue weighted by atomic mass is 16.7. The molecule has 0 radical (unpaired) electrons. The highest BCUT2D eigenvalue weighted by molar-refractivity contribution is 5.89. The van der Waals surface area contributed by atoms with E-state index in [4.69, 9.17) is 19.6 Å². The fourth-order valence-corrected chi connectivity index (χ4v) is 4.12. The number of benzene rings is 1. The van der Waals surface area contributed by atoms with Crippen LogP contribution in [0.25, 0.3) is 0 Å².